The fraction of sp³-hybridized carbons (Fsp3) is 0.615. The van der Waals surface area contributed by atoms with Gasteiger partial charge in [-0.15, -0.1) is 0 Å². The molecule has 0 aromatic heterocycles. The molecule has 1 amide bonds. The molecular weight excluding hydrogens is 200 g/mol. The van der Waals surface area contributed by atoms with Crippen LogP contribution in [0, 0.1) is 0 Å². The summed E-state index contributed by atoms with van der Waals surface area (Å²) in [6, 6.07) is 0. The van der Waals surface area contributed by atoms with E-state index in [-0.39, 0.29) is 5.91 Å². The SMILES string of the molecule is C/C=C(\C)C(C(=O)N1CCNCC1)=C(C)C. The minimum Gasteiger partial charge on any atom is -0.336 e. The Balaban J connectivity index is 2.88. The van der Waals surface area contributed by atoms with Crippen molar-refractivity contribution >= 4 is 5.91 Å². The van der Waals surface area contributed by atoms with Crippen LogP contribution >= 0.6 is 0 Å². The smallest absolute Gasteiger partial charge is 0.254 e. The van der Waals surface area contributed by atoms with Crippen molar-refractivity contribution in [1.82, 2.24) is 10.2 Å². The molecule has 1 fully saturated rings. The second kappa shape index (κ2) is 5.85. The Bertz CT molecular complexity index is 319. The van der Waals surface area contributed by atoms with Gasteiger partial charge in [0.2, 0.25) is 0 Å². The minimum atomic E-state index is 0.178. The zero-order valence-electron chi connectivity index (χ0n) is 10.8. The summed E-state index contributed by atoms with van der Waals surface area (Å²) in [4.78, 5) is 14.3. The van der Waals surface area contributed by atoms with E-state index in [1.807, 2.05) is 38.7 Å². The van der Waals surface area contributed by atoms with Crippen LogP contribution in [0.3, 0.4) is 0 Å². The molecule has 1 saturated heterocycles. The van der Waals surface area contributed by atoms with Crippen molar-refractivity contribution in [3.8, 4) is 0 Å². The molecular formula is C13H22N2O. The highest BCUT2D eigenvalue weighted by atomic mass is 16.2. The molecule has 0 radical (unpaired) electrons. The van der Waals surface area contributed by atoms with Crippen LogP contribution in [0.1, 0.15) is 27.7 Å². The van der Waals surface area contributed by atoms with Crippen molar-refractivity contribution in [2.24, 2.45) is 0 Å². The zero-order valence-corrected chi connectivity index (χ0v) is 10.8. The molecule has 0 aliphatic carbocycles. The maximum absolute atomic E-state index is 12.3. The first-order valence-electron chi connectivity index (χ1n) is 5.88. The van der Waals surface area contributed by atoms with Gasteiger partial charge in [-0.05, 0) is 33.3 Å². The third-order valence-electron chi connectivity index (χ3n) is 2.95. The van der Waals surface area contributed by atoms with Crippen LogP contribution in [-0.4, -0.2) is 37.0 Å². The van der Waals surface area contributed by atoms with Crippen LogP contribution in [0.25, 0.3) is 0 Å². The largest absolute Gasteiger partial charge is 0.336 e. The summed E-state index contributed by atoms with van der Waals surface area (Å²) in [6.45, 7) is 11.4. The lowest BCUT2D eigenvalue weighted by Crippen LogP contribution is -2.47. The lowest BCUT2D eigenvalue weighted by atomic mass is 10.0. The van der Waals surface area contributed by atoms with E-state index in [0.29, 0.717) is 0 Å². The van der Waals surface area contributed by atoms with Gasteiger partial charge in [-0.3, -0.25) is 4.79 Å². The van der Waals surface area contributed by atoms with E-state index in [1.54, 1.807) is 0 Å². The number of nitrogens with zero attached hydrogens (tertiary/aromatic N) is 1. The Kier molecular flexibility index (Phi) is 4.74. The molecule has 1 N–H and O–H groups in total. The van der Waals surface area contributed by atoms with Gasteiger partial charge >= 0.3 is 0 Å². The molecule has 3 nitrogen and oxygen atoms in total. The van der Waals surface area contributed by atoms with Gasteiger partial charge in [-0.25, -0.2) is 0 Å². The van der Waals surface area contributed by atoms with E-state index in [9.17, 15) is 4.79 Å². The van der Waals surface area contributed by atoms with E-state index in [2.05, 4.69) is 5.32 Å². The maximum Gasteiger partial charge on any atom is 0.254 e. The van der Waals surface area contributed by atoms with Crippen molar-refractivity contribution in [3.63, 3.8) is 0 Å². The lowest BCUT2D eigenvalue weighted by molar-refractivity contribution is -0.127. The average molecular weight is 222 g/mol. The summed E-state index contributed by atoms with van der Waals surface area (Å²) in [5, 5.41) is 3.26. The molecule has 0 aromatic rings. The number of nitrogens with one attached hydrogen (secondary N) is 1. The molecule has 1 aliphatic heterocycles. The average Bonchev–Trinajstić information content (AvgIpc) is 2.29. The summed E-state index contributed by atoms with van der Waals surface area (Å²) < 4.78 is 0. The molecule has 0 unspecified atom stereocenters. The molecule has 1 aliphatic rings. The van der Waals surface area contributed by atoms with E-state index in [4.69, 9.17) is 0 Å². The molecule has 3 heteroatoms. The van der Waals surface area contributed by atoms with Crippen LogP contribution in [0.15, 0.2) is 22.8 Å². The van der Waals surface area contributed by atoms with Crippen molar-refractivity contribution in [1.29, 1.82) is 0 Å². The first-order chi connectivity index (χ1) is 7.57. The summed E-state index contributed by atoms with van der Waals surface area (Å²) in [5.74, 6) is 0.178. The van der Waals surface area contributed by atoms with Crippen molar-refractivity contribution in [2.45, 2.75) is 27.7 Å². The van der Waals surface area contributed by atoms with E-state index < -0.39 is 0 Å². The second-order valence-electron chi connectivity index (χ2n) is 4.39. The first-order valence-corrected chi connectivity index (χ1v) is 5.88. The second-order valence-corrected chi connectivity index (χ2v) is 4.39. The normalized spacial score (nSPS) is 17.2. The predicted molar refractivity (Wildman–Crippen MR) is 67.3 cm³/mol. The number of carbonyl (C=O) groups is 1. The molecule has 0 aromatic carbocycles. The molecule has 16 heavy (non-hydrogen) atoms. The van der Waals surface area contributed by atoms with Crippen LogP contribution in [0.4, 0.5) is 0 Å². The van der Waals surface area contributed by atoms with Crippen LogP contribution in [-0.2, 0) is 4.79 Å². The highest BCUT2D eigenvalue weighted by molar-refractivity contribution is 5.98. The third kappa shape index (κ3) is 2.95. The van der Waals surface area contributed by atoms with E-state index in [1.165, 1.54) is 0 Å². The maximum atomic E-state index is 12.3. The predicted octanol–water partition coefficient (Wildman–Crippen LogP) is 1.72. The fourth-order valence-electron chi connectivity index (χ4n) is 1.95. The molecule has 1 heterocycles. The fourth-order valence-corrected chi connectivity index (χ4v) is 1.95. The van der Waals surface area contributed by atoms with Gasteiger partial charge in [0.1, 0.15) is 0 Å². The molecule has 0 atom stereocenters. The summed E-state index contributed by atoms with van der Waals surface area (Å²) in [7, 11) is 0. The highest BCUT2D eigenvalue weighted by Crippen LogP contribution is 2.17. The first kappa shape index (κ1) is 13.0. The highest BCUT2D eigenvalue weighted by Gasteiger charge is 2.21. The third-order valence-corrected chi connectivity index (χ3v) is 2.95. The molecule has 0 saturated carbocycles. The van der Waals surface area contributed by atoms with Gasteiger partial charge in [0.05, 0.1) is 0 Å². The standard InChI is InChI=1S/C13H22N2O/c1-5-11(4)12(10(2)3)13(16)15-8-6-14-7-9-15/h5,14H,6-9H2,1-4H3/b11-5+. The summed E-state index contributed by atoms with van der Waals surface area (Å²) in [6.07, 6.45) is 2.00. The number of carbonyl (C=O) groups excluding carboxylic acids is 1. The van der Waals surface area contributed by atoms with Crippen molar-refractivity contribution < 1.29 is 4.79 Å². The topological polar surface area (TPSA) is 32.3 Å². The Morgan fingerprint density at radius 3 is 2.19 bits per heavy atom. The van der Waals surface area contributed by atoms with Gasteiger partial charge in [0, 0.05) is 31.8 Å². The Labute approximate surface area is 98.2 Å². The Morgan fingerprint density at radius 1 is 1.19 bits per heavy atom. The number of piperazine rings is 1. The van der Waals surface area contributed by atoms with Gasteiger partial charge in [0.15, 0.2) is 0 Å². The van der Waals surface area contributed by atoms with Crippen LogP contribution in [0.5, 0.6) is 0 Å². The Morgan fingerprint density at radius 2 is 1.75 bits per heavy atom. The van der Waals surface area contributed by atoms with Gasteiger partial charge in [-0.2, -0.15) is 0 Å². The van der Waals surface area contributed by atoms with Crippen molar-refractivity contribution in [2.75, 3.05) is 26.2 Å². The van der Waals surface area contributed by atoms with Gasteiger partial charge in [0.25, 0.3) is 5.91 Å². The summed E-state index contributed by atoms with van der Waals surface area (Å²) in [5.41, 5.74) is 3.05. The molecule has 1 rings (SSSR count). The number of rotatable bonds is 2. The van der Waals surface area contributed by atoms with Crippen molar-refractivity contribution in [3.05, 3.63) is 22.8 Å². The zero-order chi connectivity index (χ0) is 12.1. The van der Waals surface area contributed by atoms with Crippen LogP contribution in [0.2, 0.25) is 0 Å². The van der Waals surface area contributed by atoms with E-state index in [0.717, 1.165) is 42.9 Å². The molecule has 0 spiro atoms. The lowest BCUT2D eigenvalue weighted by Gasteiger charge is -2.29. The number of hydrogen-bond acceptors (Lipinski definition) is 2. The van der Waals surface area contributed by atoms with E-state index >= 15 is 0 Å². The van der Waals surface area contributed by atoms with Crippen LogP contribution < -0.4 is 5.32 Å². The van der Waals surface area contributed by atoms with Gasteiger partial charge in [-0.1, -0.05) is 11.6 Å². The number of hydrogen-bond donors (Lipinski definition) is 1. The Hall–Kier alpha value is -1.09. The quantitative estimate of drug-likeness (QED) is 0.570. The molecule has 0 bridgehead atoms. The number of allylic oxidation sites excluding steroid dienone is 2. The minimum absolute atomic E-state index is 0.178. The number of amides is 1. The summed E-state index contributed by atoms with van der Waals surface area (Å²) >= 11 is 0. The van der Waals surface area contributed by atoms with Gasteiger partial charge < -0.3 is 10.2 Å². The monoisotopic (exact) mass is 222 g/mol. The molecule has 90 valence electrons.